The normalized spacial score (nSPS) is 20.3. The van der Waals surface area contributed by atoms with Gasteiger partial charge in [0.1, 0.15) is 24.4 Å². The van der Waals surface area contributed by atoms with Crippen LogP contribution in [0.25, 0.3) is 0 Å². The molecule has 9 heteroatoms. The van der Waals surface area contributed by atoms with Gasteiger partial charge < -0.3 is 40.3 Å². The van der Waals surface area contributed by atoms with Gasteiger partial charge in [-0.2, -0.15) is 0 Å². The van der Waals surface area contributed by atoms with Crippen LogP contribution >= 0.6 is 0 Å². The maximum absolute atomic E-state index is 13.0. The van der Waals surface area contributed by atoms with Crippen LogP contribution in [0.4, 0.5) is 0 Å². The van der Waals surface area contributed by atoms with E-state index in [0.29, 0.717) is 12.8 Å². The Kier molecular flexibility index (Phi) is 44.2. The molecule has 0 aromatic heterocycles. The molecule has 1 rings (SSSR count). The van der Waals surface area contributed by atoms with Crippen LogP contribution in [0, 0.1) is 0 Å². The molecule has 1 heterocycles. The lowest BCUT2D eigenvalue weighted by molar-refractivity contribution is -0.302. The number of aliphatic hydroxyl groups excluding tert-OH is 5. The third-order valence-corrected chi connectivity index (χ3v) is 12.8. The maximum Gasteiger partial charge on any atom is 0.220 e. The third-order valence-electron chi connectivity index (χ3n) is 12.8. The quantitative estimate of drug-likeness (QED) is 0.0261. The summed E-state index contributed by atoms with van der Waals surface area (Å²) in [6.45, 7) is 3.71. The van der Waals surface area contributed by atoms with Crippen molar-refractivity contribution in [3.63, 3.8) is 0 Å². The SMILES string of the molecule is CC/C=C\C/C=C\C/C=C\C/C=C\C/C=C\C/C=C\CCCCCCCCCCCCCCCCC(=O)NC(COC1OC(CO)C(O)C(O)C1O)C(O)CCCCCCCCCCCCC. The molecule has 1 aliphatic rings. The fourth-order valence-electron chi connectivity index (χ4n) is 8.46. The summed E-state index contributed by atoms with van der Waals surface area (Å²) in [5, 5.41) is 54.4. The molecule has 7 unspecified atom stereocenters. The van der Waals surface area contributed by atoms with Gasteiger partial charge in [0.25, 0.3) is 0 Å². The molecule has 0 aromatic rings. The molecule has 0 aromatic carbocycles. The molecule has 67 heavy (non-hydrogen) atoms. The van der Waals surface area contributed by atoms with Crippen molar-refractivity contribution in [1.82, 2.24) is 5.32 Å². The van der Waals surface area contributed by atoms with Crippen molar-refractivity contribution in [2.24, 2.45) is 0 Å². The van der Waals surface area contributed by atoms with Crippen LogP contribution in [-0.2, 0) is 14.3 Å². The fraction of sp³-hybridized carbons (Fsp3) is 0.776. The van der Waals surface area contributed by atoms with E-state index in [1.54, 1.807) is 0 Å². The monoisotopic (exact) mass is 942 g/mol. The third kappa shape index (κ3) is 37.2. The standard InChI is InChI=1S/C58H103NO8/c1-3-5-7-9-11-13-15-16-17-18-19-20-21-22-23-24-25-26-27-28-29-30-31-32-33-34-35-36-38-40-42-44-46-48-54(62)59-51(50-66-58-57(65)56(64)55(63)53(49-60)67-58)52(61)47-45-43-41-39-37-14-12-10-8-6-4-2/h5,7,11,13,16-17,19-20,22-23,25-26,51-53,55-58,60-61,63-65H,3-4,6,8-10,12,14-15,18,21,24,27-50H2,1-2H3,(H,59,62)/b7-5-,13-11-,17-16-,20-19-,23-22-,26-25-. The number of nitrogens with one attached hydrogen (secondary N) is 1. The van der Waals surface area contributed by atoms with E-state index in [0.717, 1.165) is 77.0 Å². The highest BCUT2D eigenvalue weighted by molar-refractivity contribution is 5.76. The molecule has 0 spiro atoms. The van der Waals surface area contributed by atoms with E-state index in [-0.39, 0.29) is 12.5 Å². The van der Waals surface area contributed by atoms with Gasteiger partial charge in [0.2, 0.25) is 5.91 Å². The zero-order chi connectivity index (χ0) is 48.7. The Morgan fingerprint density at radius 3 is 1.37 bits per heavy atom. The first kappa shape index (κ1) is 62.6. The first-order valence-corrected chi connectivity index (χ1v) is 27.6. The highest BCUT2D eigenvalue weighted by atomic mass is 16.7. The minimum Gasteiger partial charge on any atom is -0.394 e. The number of aliphatic hydroxyl groups is 5. The van der Waals surface area contributed by atoms with Gasteiger partial charge in [-0.25, -0.2) is 0 Å². The first-order chi connectivity index (χ1) is 32.8. The zero-order valence-corrected chi connectivity index (χ0v) is 42.9. The van der Waals surface area contributed by atoms with Crippen molar-refractivity contribution >= 4 is 5.91 Å². The molecule has 6 N–H and O–H groups in total. The molecule has 0 aliphatic carbocycles. The second kappa shape index (κ2) is 47.3. The van der Waals surface area contributed by atoms with E-state index in [9.17, 15) is 30.3 Å². The van der Waals surface area contributed by atoms with Crippen LogP contribution in [0.15, 0.2) is 72.9 Å². The lowest BCUT2D eigenvalue weighted by atomic mass is 9.99. The molecule has 0 radical (unpaired) electrons. The summed E-state index contributed by atoms with van der Waals surface area (Å²) in [5.41, 5.74) is 0. The second-order valence-corrected chi connectivity index (χ2v) is 19.0. The number of allylic oxidation sites excluding steroid dienone is 12. The molecule has 388 valence electrons. The van der Waals surface area contributed by atoms with Crippen LogP contribution in [0.2, 0.25) is 0 Å². The molecule has 7 atom stereocenters. The van der Waals surface area contributed by atoms with Crippen LogP contribution in [0.3, 0.4) is 0 Å². The summed E-state index contributed by atoms with van der Waals surface area (Å²) >= 11 is 0. The highest BCUT2D eigenvalue weighted by Crippen LogP contribution is 2.23. The Balaban J connectivity index is 2.12. The van der Waals surface area contributed by atoms with Gasteiger partial charge in [-0.1, -0.05) is 234 Å². The minimum absolute atomic E-state index is 0.140. The van der Waals surface area contributed by atoms with Crippen molar-refractivity contribution in [3.8, 4) is 0 Å². The number of hydrogen-bond acceptors (Lipinski definition) is 8. The predicted octanol–water partition coefficient (Wildman–Crippen LogP) is 13.3. The zero-order valence-electron chi connectivity index (χ0n) is 42.9. The summed E-state index contributed by atoms with van der Waals surface area (Å²) in [5.74, 6) is -0.148. The van der Waals surface area contributed by atoms with E-state index in [2.05, 4.69) is 92.1 Å². The van der Waals surface area contributed by atoms with Crippen LogP contribution in [-0.4, -0.2) is 87.5 Å². The molecule has 1 amide bonds. The average Bonchev–Trinajstić information content (AvgIpc) is 3.33. The number of carbonyl (C=O) groups excluding carboxylic acids is 1. The summed E-state index contributed by atoms with van der Waals surface area (Å²) in [7, 11) is 0. The molecule has 9 nitrogen and oxygen atoms in total. The topological polar surface area (TPSA) is 149 Å². The molecular weight excluding hydrogens is 839 g/mol. The van der Waals surface area contributed by atoms with Gasteiger partial charge in [0, 0.05) is 6.42 Å². The van der Waals surface area contributed by atoms with Gasteiger partial charge in [0.15, 0.2) is 6.29 Å². The van der Waals surface area contributed by atoms with Crippen molar-refractivity contribution in [2.45, 2.75) is 275 Å². The number of rotatable bonds is 46. The van der Waals surface area contributed by atoms with Crippen molar-refractivity contribution in [2.75, 3.05) is 13.2 Å². The summed E-state index contributed by atoms with van der Waals surface area (Å²) in [6.07, 6.45) is 57.9. The van der Waals surface area contributed by atoms with Crippen molar-refractivity contribution in [1.29, 1.82) is 0 Å². The van der Waals surface area contributed by atoms with Crippen LogP contribution in [0.5, 0.6) is 0 Å². The number of carbonyl (C=O) groups is 1. The Morgan fingerprint density at radius 2 is 0.925 bits per heavy atom. The Morgan fingerprint density at radius 1 is 0.522 bits per heavy atom. The van der Waals surface area contributed by atoms with E-state index in [1.165, 1.54) is 128 Å². The van der Waals surface area contributed by atoms with E-state index < -0.39 is 49.5 Å². The summed E-state index contributed by atoms with van der Waals surface area (Å²) in [6, 6.07) is -0.720. The Hall–Kier alpha value is -2.37. The molecule has 1 fully saturated rings. The molecule has 1 saturated heterocycles. The maximum atomic E-state index is 13.0. The lowest BCUT2D eigenvalue weighted by Gasteiger charge is -2.40. The van der Waals surface area contributed by atoms with Gasteiger partial charge in [-0.05, 0) is 64.2 Å². The lowest BCUT2D eigenvalue weighted by Crippen LogP contribution is -2.60. The largest absolute Gasteiger partial charge is 0.394 e. The van der Waals surface area contributed by atoms with E-state index >= 15 is 0 Å². The Bertz CT molecular complexity index is 1280. The van der Waals surface area contributed by atoms with Crippen molar-refractivity contribution < 1.29 is 39.8 Å². The van der Waals surface area contributed by atoms with Crippen LogP contribution in [0.1, 0.15) is 232 Å². The smallest absolute Gasteiger partial charge is 0.220 e. The highest BCUT2D eigenvalue weighted by Gasteiger charge is 2.44. The second-order valence-electron chi connectivity index (χ2n) is 19.0. The molecule has 1 aliphatic heterocycles. The molecular formula is C58H103NO8. The van der Waals surface area contributed by atoms with Gasteiger partial charge in [0.05, 0.1) is 25.4 Å². The fourth-order valence-corrected chi connectivity index (χ4v) is 8.46. The first-order valence-electron chi connectivity index (χ1n) is 27.6. The molecule has 0 bridgehead atoms. The van der Waals surface area contributed by atoms with Gasteiger partial charge in [-0.3, -0.25) is 4.79 Å². The van der Waals surface area contributed by atoms with E-state index in [1.807, 2.05) is 0 Å². The average molecular weight is 942 g/mol. The number of ether oxygens (including phenoxy) is 2. The van der Waals surface area contributed by atoms with Gasteiger partial charge >= 0.3 is 0 Å². The number of amides is 1. The molecule has 0 saturated carbocycles. The predicted molar refractivity (Wildman–Crippen MR) is 281 cm³/mol. The number of hydrogen-bond donors (Lipinski definition) is 6. The van der Waals surface area contributed by atoms with E-state index in [4.69, 9.17) is 9.47 Å². The number of unbranched alkanes of at least 4 members (excludes halogenated alkanes) is 24. The van der Waals surface area contributed by atoms with Gasteiger partial charge in [-0.15, -0.1) is 0 Å². The van der Waals surface area contributed by atoms with Crippen LogP contribution < -0.4 is 5.32 Å². The minimum atomic E-state index is -1.55. The van der Waals surface area contributed by atoms with Crippen molar-refractivity contribution in [3.05, 3.63) is 72.9 Å². The summed E-state index contributed by atoms with van der Waals surface area (Å²) < 4.78 is 11.3. The summed E-state index contributed by atoms with van der Waals surface area (Å²) in [4.78, 5) is 13.0. The Labute approximate surface area is 410 Å².